The summed E-state index contributed by atoms with van der Waals surface area (Å²) in [7, 11) is 0. The maximum absolute atomic E-state index is 13.2. The number of ketones is 1. The van der Waals surface area contributed by atoms with Gasteiger partial charge in [-0.3, -0.25) is 4.79 Å². The van der Waals surface area contributed by atoms with Gasteiger partial charge in [-0.2, -0.15) is 0 Å². The summed E-state index contributed by atoms with van der Waals surface area (Å²) in [5, 5.41) is 5.57. The quantitative estimate of drug-likeness (QED) is 0.190. The summed E-state index contributed by atoms with van der Waals surface area (Å²) in [5.41, 5.74) is 6.05. The third kappa shape index (κ3) is 3.50. The van der Waals surface area contributed by atoms with Gasteiger partial charge in [0.05, 0.1) is 5.71 Å². The van der Waals surface area contributed by atoms with Crippen molar-refractivity contribution >= 4 is 39.4 Å². The molecule has 1 aromatic heterocycles. The summed E-state index contributed by atoms with van der Waals surface area (Å²) in [6.45, 7) is 6.97. The summed E-state index contributed by atoms with van der Waals surface area (Å²) in [4.78, 5) is 29.0. The first kappa shape index (κ1) is 19.6. The molecule has 4 aromatic rings. The Labute approximate surface area is 173 Å². The van der Waals surface area contributed by atoms with Crippen LogP contribution < -0.4 is 0 Å². The van der Waals surface area contributed by atoms with Gasteiger partial charge in [-0.1, -0.05) is 23.4 Å². The van der Waals surface area contributed by atoms with Crippen molar-refractivity contribution in [2.24, 2.45) is 5.16 Å². The molecule has 0 aliphatic heterocycles. The molecule has 0 aliphatic carbocycles. The van der Waals surface area contributed by atoms with Crippen LogP contribution in [0.3, 0.4) is 0 Å². The van der Waals surface area contributed by atoms with Gasteiger partial charge in [0.1, 0.15) is 11.2 Å². The van der Waals surface area contributed by atoms with Crippen molar-refractivity contribution in [1.82, 2.24) is 0 Å². The highest BCUT2D eigenvalue weighted by Gasteiger charge is 2.17. The highest BCUT2D eigenvalue weighted by Crippen LogP contribution is 2.31. The first-order valence-electron chi connectivity index (χ1n) is 9.65. The molecule has 3 aromatic carbocycles. The minimum atomic E-state index is -0.473. The second-order valence-corrected chi connectivity index (χ2v) is 7.38. The van der Waals surface area contributed by atoms with Crippen LogP contribution in [0.2, 0.25) is 0 Å². The fraction of sp³-hybridized carbons (Fsp3) is 0.160. The maximum atomic E-state index is 13.2. The second kappa shape index (κ2) is 7.59. The van der Waals surface area contributed by atoms with E-state index in [1.807, 2.05) is 62.4 Å². The number of fused-ring (bicyclic) bond motifs is 3. The summed E-state index contributed by atoms with van der Waals surface area (Å²) in [5.74, 6) is -0.482. The van der Waals surface area contributed by atoms with E-state index >= 15 is 0 Å². The van der Waals surface area contributed by atoms with E-state index in [0.29, 0.717) is 22.4 Å². The van der Waals surface area contributed by atoms with Crippen molar-refractivity contribution in [2.45, 2.75) is 27.7 Å². The molecule has 0 bridgehead atoms. The topological polar surface area (TPSA) is 68.9 Å². The Hall–Kier alpha value is -3.73. The minimum Gasteiger partial charge on any atom is -0.456 e. The molecular weight excluding hydrogens is 378 g/mol. The molecule has 0 aliphatic rings. The molecule has 5 heteroatoms. The Morgan fingerprint density at radius 3 is 2.00 bits per heavy atom. The minimum absolute atomic E-state index is 0.00870. The second-order valence-electron chi connectivity index (χ2n) is 7.38. The molecule has 0 amide bonds. The molecule has 0 atom stereocenters. The zero-order chi connectivity index (χ0) is 21.4. The molecule has 0 unspecified atom stereocenters. The van der Waals surface area contributed by atoms with Crippen LogP contribution >= 0.6 is 0 Å². The molecule has 0 saturated heterocycles. The van der Waals surface area contributed by atoms with Crippen LogP contribution in [-0.2, 0) is 9.63 Å². The smallest absolute Gasteiger partial charge is 0.331 e. The number of oxime groups is 1. The number of carbonyl (C=O) groups excluding carboxylic acids is 2. The van der Waals surface area contributed by atoms with E-state index in [1.165, 1.54) is 6.92 Å². The Kier molecular flexibility index (Phi) is 4.96. The molecule has 0 N–H and O–H groups in total. The van der Waals surface area contributed by atoms with Crippen molar-refractivity contribution < 1.29 is 18.8 Å². The van der Waals surface area contributed by atoms with Crippen LogP contribution in [-0.4, -0.2) is 17.5 Å². The zero-order valence-corrected chi connectivity index (χ0v) is 17.3. The lowest BCUT2D eigenvalue weighted by Gasteiger charge is -2.08. The van der Waals surface area contributed by atoms with E-state index < -0.39 is 5.97 Å². The lowest BCUT2D eigenvalue weighted by atomic mass is 9.94. The third-order valence-electron chi connectivity index (χ3n) is 5.17. The Bertz CT molecular complexity index is 1320. The van der Waals surface area contributed by atoms with Gasteiger partial charge in [0, 0.05) is 28.8 Å². The molecule has 0 fully saturated rings. The van der Waals surface area contributed by atoms with Gasteiger partial charge in [0.2, 0.25) is 0 Å². The summed E-state index contributed by atoms with van der Waals surface area (Å²) < 4.78 is 5.94. The highest BCUT2D eigenvalue weighted by molar-refractivity contribution is 6.15. The number of hydrogen-bond donors (Lipinski definition) is 0. The fourth-order valence-electron chi connectivity index (χ4n) is 3.65. The van der Waals surface area contributed by atoms with Gasteiger partial charge in [-0.05, 0) is 73.9 Å². The first-order valence-corrected chi connectivity index (χ1v) is 9.65. The van der Waals surface area contributed by atoms with Gasteiger partial charge in [-0.25, -0.2) is 4.79 Å². The molecule has 4 rings (SSSR count). The van der Waals surface area contributed by atoms with Crippen LogP contribution in [0.5, 0.6) is 0 Å². The zero-order valence-electron chi connectivity index (χ0n) is 17.3. The van der Waals surface area contributed by atoms with E-state index in [1.54, 1.807) is 13.0 Å². The first-order chi connectivity index (χ1) is 14.3. The number of aryl methyl sites for hydroxylation is 2. The molecule has 30 heavy (non-hydrogen) atoms. The molecule has 0 spiro atoms. The number of furan rings is 1. The van der Waals surface area contributed by atoms with Crippen molar-refractivity contribution in [2.75, 3.05) is 0 Å². The van der Waals surface area contributed by atoms with Crippen molar-refractivity contribution in [3.05, 3.63) is 82.4 Å². The Morgan fingerprint density at radius 1 is 0.833 bits per heavy atom. The standard InChI is InChI=1S/C25H21NO4/c1-14-6-5-7-15(2)24(14)25(28)19-9-11-23-21(13-19)20-12-18(8-10-22(20)29-23)16(3)26-30-17(4)27/h5-13H,1-4H3/b26-16-. The van der Waals surface area contributed by atoms with E-state index in [0.717, 1.165) is 33.0 Å². The van der Waals surface area contributed by atoms with Gasteiger partial charge in [-0.15, -0.1) is 0 Å². The molecule has 0 radical (unpaired) electrons. The van der Waals surface area contributed by atoms with Gasteiger partial charge >= 0.3 is 5.97 Å². The normalized spacial score (nSPS) is 11.8. The molecule has 0 saturated carbocycles. The number of rotatable bonds is 4. The molecule has 1 heterocycles. The molecule has 5 nitrogen and oxygen atoms in total. The van der Waals surface area contributed by atoms with Crippen molar-refractivity contribution in [3.8, 4) is 0 Å². The van der Waals surface area contributed by atoms with Crippen LogP contribution in [0, 0.1) is 13.8 Å². The van der Waals surface area contributed by atoms with Crippen LogP contribution in [0.15, 0.2) is 64.2 Å². The van der Waals surface area contributed by atoms with E-state index in [4.69, 9.17) is 9.25 Å². The Morgan fingerprint density at radius 2 is 1.40 bits per heavy atom. The van der Waals surface area contributed by atoms with Gasteiger partial charge in [0.25, 0.3) is 0 Å². The van der Waals surface area contributed by atoms with E-state index in [2.05, 4.69) is 5.16 Å². The predicted molar refractivity (Wildman–Crippen MR) is 117 cm³/mol. The van der Waals surface area contributed by atoms with Gasteiger partial charge < -0.3 is 9.25 Å². The molecular formula is C25H21NO4. The van der Waals surface area contributed by atoms with E-state index in [-0.39, 0.29) is 5.78 Å². The lowest BCUT2D eigenvalue weighted by Crippen LogP contribution is -2.06. The summed E-state index contributed by atoms with van der Waals surface area (Å²) in [6, 6.07) is 17.0. The maximum Gasteiger partial charge on any atom is 0.331 e. The number of carbonyl (C=O) groups is 2. The average Bonchev–Trinajstić information content (AvgIpc) is 3.08. The van der Waals surface area contributed by atoms with Crippen LogP contribution in [0.1, 0.15) is 46.5 Å². The average molecular weight is 399 g/mol. The third-order valence-corrected chi connectivity index (χ3v) is 5.17. The van der Waals surface area contributed by atoms with Crippen LogP contribution in [0.4, 0.5) is 0 Å². The lowest BCUT2D eigenvalue weighted by molar-refractivity contribution is -0.140. The van der Waals surface area contributed by atoms with Gasteiger partial charge in [0.15, 0.2) is 5.78 Å². The van der Waals surface area contributed by atoms with E-state index in [9.17, 15) is 9.59 Å². The number of hydrogen-bond acceptors (Lipinski definition) is 5. The van der Waals surface area contributed by atoms with Crippen LogP contribution in [0.25, 0.3) is 21.9 Å². The van der Waals surface area contributed by atoms with Crippen molar-refractivity contribution in [3.63, 3.8) is 0 Å². The fourth-order valence-corrected chi connectivity index (χ4v) is 3.65. The molecule has 150 valence electrons. The Balaban J connectivity index is 1.82. The van der Waals surface area contributed by atoms with Crippen molar-refractivity contribution in [1.29, 1.82) is 0 Å². The SMILES string of the molecule is CC(=O)O/N=C(/C)c1ccc2oc3ccc(C(=O)c4c(C)cccc4C)cc3c2c1. The summed E-state index contributed by atoms with van der Waals surface area (Å²) >= 11 is 0. The predicted octanol–water partition coefficient (Wildman–Crippen LogP) is 5.72. The number of benzene rings is 3. The number of nitrogens with zero attached hydrogens (tertiary/aromatic N) is 1. The highest BCUT2D eigenvalue weighted by atomic mass is 16.7. The largest absolute Gasteiger partial charge is 0.456 e. The monoisotopic (exact) mass is 399 g/mol. The summed E-state index contributed by atoms with van der Waals surface area (Å²) in [6.07, 6.45) is 0.